The summed E-state index contributed by atoms with van der Waals surface area (Å²) in [6.07, 6.45) is -4.80. The lowest BCUT2D eigenvalue weighted by Crippen LogP contribution is -2.49. The van der Waals surface area contributed by atoms with Gasteiger partial charge in [-0.25, -0.2) is 0 Å². The Morgan fingerprint density at radius 1 is 1.10 bits per heavy atom. The lowest BCUT2D eigenvalue weighted by atomic mass is 10.1. The van der Waals surface area contributed by atoms with Gasteiger partial charge in [-0.3, -0.25) is 14.5 Å². The number of carbonyl (C=O) groups is 2. The van der Waals surface area contributed by atoms with Crippen LogP contribution in [0, 0.1) is 0 Å². The maximum Gasteiger partial charge on any atom is 0.573 e. The Labute approximate surface area is 181 Å². The van der Waals surface area contributed by atoms with Crippen LogP contribution in [0.2, 0.25) is 0 Å². The highest BCUT2D eigenvalue weighted by Gasteiger charge is 2.31. The highest BCUT2D eigenvalue weighted by atomic mass is 32.1. The normalized spacial score (nSPS) is 16.5. The first-order valence-electron chi connectivity index (χ1n) is 9.61. The molecule has 168 valence electrons. The minimum atomic E-state index is -4.80. The molecule has 7 nitrogen and oxygen atoms in total. The van der Waals surface area contributed by atoms with E-state index in [4.69, 9.17) is 0 Å². The number of alkyl halides is 3. The first kappa shape index (κ1) is 23.0. The lowest BCUT2D eigenvalue weighted by molar-refractivity contribution is -0.274. The van der Waals surface area contributed by atoms with Crippen molar-refractivity contribution < 1.29 is 27.5 Å². The zero-order valence-corrected chi connectivity index (χ0v) is 17.6. The molecule has 0 radical (unpaired) electrons. The van der Waals surface area contributed by atoms with Gasteiger partial charge in [0.2, 0.25) is 0 Å². The molecule has 0 aliphatic carbocycles. The number of hydrogen-bond donors (Lipinski definition) is 2. The molecule has 2 heterocycles. The number of anilines is 1. The summed E-state index contributed by atoms with van der Waals surface area (Å²) in [5.41, 5.74) is 1.26. The first-order valence-corrected chi connectivity index (χ1v) is 10.6. The van der Waals surface area contributed by atoms with Crippen molar-refractivity contribution in [3.8, 4) is 5.75 Å². The minimum Gasteiger partial charge on any atom is -0.406 e. The van der Waals surface area contributed by atoms with E-state index in [1.54, 1.807) is 11.3 Å². The van der Waals surface area contributed by atoms with Crippen molar-refractivity contribution in [2.24, 2.45) is 0 Å². The second-order valence-electron chi connectivity index (χ2n) is 7.15. The second kappa shape index (κ2) is 10.1. The van der Waals surface area contributed by atoms with E-state index in [-0.39, 0.29) is 18.3 Å². The molecule has 11 heteroatoms. The van der Waals surface area contributed by atoms with Gasteiger partial charge in [0, 0.05) is 38.4 Å². The number of halogens is 3. The highest BCUT2D eigenvalue weighted by molar-refractivity contribution is 7.08. The third kappa shape index (κ3) is 6.94. The minimum absolute atomic E-state index is 0.0458. The average Bonchev–Trinajstić information content (AvgIpc) is 3.24. The van der Waals surface area contributed by atoms with Crippen LogP contribution in [0.1, 0.15) is 11.6 Å². The van der Waals surface area contributed by atoms with E-state index in [1.807, 2.05) is 16.8 Å². The summed E-state index contributed by atoms with van der Waals surface area (Å²) in [7, 11) is 2.06. The van der Waals surface area contributed by atoms with E-state index in [1.165, 1.54) is 12.1 Å². The van der Waals surface area contributed by atoms with Gasteiger partial charge < -0.3 is 20.3 Å². The summed E-state index contributed by atoms with van der Waals surface area (Å²) in [6.45, 7) is 3.81. The van der Waals surface area contributed by atoms with Crippen molar-refractivity contribution in [3.63, 3.8) is 0 Å². The average molecular weight is 456 g/mol. The topological polar surface area (TPSA) is 73.9 Å². The standard InChI is InChI=1S/C20H23F3N4O3S/c1-26-7-9-27(10-8-26)17(14-6-11-31-13-14)12-24-18(28)19(29)25-15-2-4-16(5-3-15)30-20(21,22)23/h2-6,11,13,17H,7-10,12H2,1H3,(H,24,28)(H,25,29)/t17-/m0/s1. The van der Waals surface area contributed by atoms with Gasteiger partial charge in [-0.1, -0.05) is 0 Å². The van der Waals surface area contributed by atoms with Gasteiger partial charge in [0.1, 0.15) is 5.75 Å². The van der Waals surface area contributed by atoms with E-state index >= 15 is 0 Å². The fraction of sp³-hybridized carbons (Fsp3) is 0.400. The quantitative estimate of drug-likeness (QED) is 0.654. The Kier molecular flexibility index (Phi) is 7.52. The fourth-order valence-electron chi connectivity index (χ4n) is 3.25. The maximum atomic E-state index is 12.3. The number of amides is 2. The predicted octanol–water partition coefficient (Wildman–Crippen LogP) is 2.69. The van der Waals surface area contributed by atoms with Crippen LogP contribution >= 0.6 is 11.3 Å². The molecular weight excluding hydrogens is 433 g/mol. The zero-order chi connectivity index (χ0) is 22.4. The monoisotopic (exact) mass is 456 g/mol. The summed E-state index contributed by atoms with van der Waals surface area (Å²) in [5, 5.41) is 9.04. The van der Waals surface area contributed by atoms with Crippen LogP contribution < -0.4 is 15.4 Å². The van der Waals surface area contributed by atoms with Crippen molar-refractivity contribution in [1.82, 2.24) is 15.1 Å². The molecule has 2 amide bonds. The Morgan fingerprint density at radius 2 is 1.77 bits per heavy atom. The Bertz CT molecular complexity index is 867. The number of rotatable bonds is 6. The van der Waals surface area contributed by atoms with Gasteiger partial charge in [0.05, 0.1) is 6.04 Å². The number of nitrogens with zero attached hydrogens (tertiary/aromatic N) is 2. The second-order valence-corrected chi connectivity index (χ2v) is 7.93. The molecule has 1 aromatic heterocycles. The number of benzene rings is 1. The summed E-state index contributed by atoms with van der Waals surface area (Å²) in [6, 6.07) is 6.53. The number of hydrogen-bond acceptors (Lipinski definition) is 6. The van der Waals surface area contributed by atoms with Crippen LogP contribution in [0.3, 0.4) is 0 Å². The van der Waals surface area contributed by atoms with Gasteiger partial charge in [0.15, 0.2) is 0 Å². The maximum absolute atomic E-state index is 12.3. The molecule has 1 fully saturated rings. The molecule has 0 bridgehead atoms. The Balaban J connectivity index is 1.55. The lowest BCUT2D eigenvalue weighted by Gasteiger charge is -2.37. The number of piperazine rings is 1. The van der Waals surface area contributed by atoms with E-state index < -0.39 is 23.9 Å². The zero-order valence-electron chi connectivity index (χ0n) is 16.8. The molecule has 0 unspecified atom stereocenters. The molecular formula is C20H23F3N4O3S. The molecule has 0 saturated carbocycles. The van der Waals surface area contributed by atoms with E-state index in [0.29, 0.717) is 0 Å². The molecule has 1 saturated heterocycles. The molecule has 1 aromatic carbocycles. The van der Waals surface area contributed by atoms with Crippen molar-refractivity contribution in [2.45, 2.75) is 12.4 Å². The van der Waals surface area contributed by atoms with Crippen LogP contribution in [-0.4, -0.2) is 67.7 Å². The number of likely N-dealkylation sites (N-methyl/N-ethyl adjacent to an activating group) is 1. The molecule has 0 spiro atoms. The Morgan fingerprint density at radius 3 is 2.35 bits per heavy atom. The summed E-state index contributed by atoms with van der Waals surface area (Å²) in [5.74, 6) is -2.13. The van der Waals surface area contributed by atoms with Crippen LogP contribution in [0.15, 0.2) is 41.1 Å². The number of carbonyl (C=O) groups excluding carboxylic acids is 2. The van der Waals surface area contributed by atoms with E-state index in [2.05, 4.69) is 32.2 Å². The van der Waals surface area contributed by atoms with Crippen molar-refractivity contribution in [3.05, 3.63) is 46.7 Å². The third-order valence-corrected chi connectivity index (χ3v) is 5.62. The van der Waals surface area contributed by atoms with Crippen molar-refractivity contribution >= 4 is 28.8 Å². The van der Waals surface area contributed by atoms with Crippen LogP contribution in [-0.2, 0) is 9.59 Å². The smallest absolute Gasteiger partial charge is 0.406 e. The van der Waals surface area contributed by atoms with E-state index in [9.17, 15) is 22.8 Å². The Hall–Kier alpha value is -2.63. The van der Waals surface area contributed by atoms with Gasteiger partial charge in [-0.2, -0.15) is 11.3 Å². The molecule has 2 aromatic rings. The number of ether oxygens (including phenoxy) is 1. The van der Waals surface area contributed by atoms with Gasteiger partial charge in [0.25, 0.3) is 0 Å². The van der Waals surface area contributed by atoms with Gasteiger partial charge >= 0.3 is 18.2 Å². The van der Waals surface area contributed by atoms with E-state index in [0.717, 1.165) is 43.9 Å². The van der Waals surface area contributed by atoms with Crippen LogP contribution in [0.5, 0.6) is 5.75 Å². The predicted molar refractivity (Wildman–Crippen MR) is 111 cm³/mol. The molecule has 1 atom stereocenters. The van der Waals surface area contributed by atoms with Crippen LogP contribution in [0.4, 0.5) is 18.9 Å². The van der Waals surface area contributed by atoms with Gasteiger partial charge in [-0.15, -0.1) is 13.2 Å². The van der Waals surface area contributed by atoms with Gasteiger partial charge in [-0.05, 0) is 53.7 Å². The largest absolute Gasteiger partial charge is 0.573 e. The molecule has 2 N–H and O–H groups in total. The summed E-state index contributed by atoms with van der Waals surface area (Å²) < 4.78 is 40.4. The SMILES string of the molecule is CN1CCN([C@@H](CNC(=O)C(=O)Nc2ccc(OC(F)(F)F)cc2)c2ccsc2)CC1. The number of thiophene rings is 1. The fourth-order valence-corrected chi connectivity index (χ4v) is 3.96. The first-order chi connectivity index (χ1) is 14.7. The summed E-state index contributed by atoms with van der Waals surface area (Å²) >= 11 is 1.57. The molecule has 1 aliphatic rings. The number of nitrogens with one attached hydrogen (secondary N) is 2. The highest BCUT2D eigenvalue weighted by Crippen LogP contribution is 2.25. The van der Waals surface area contributed by atoms with Crippen molar-refractivity contribution in [1.29, 1.82) is 0 Å². The molecule has 3 rings (SSSR count). The molecule has 1 aliphatic heterocycles. The van der Waals surface area contributed by atoms with Crippen molar-refractivity contribution in [2.75, 3.05) is 45.1 Å². The van der Waals surface area contributed by atoms with Crippen LogP contribution in [0.25, 0.3) is 0 Å². The summed E-state index contributed by atoms with van der Waals surface area (Å²) in [4.78, 5) is 29.0. The molecule has 31 heavy (non-hydrogen) atoms. The third-order valence-electron chi connectivity index (χ3n) is 4.91.